The molecule has 10 heteroatoms. The number of aromatic hydroxyl groups is 2. The summed E-state index contributed by atoms with van der Waals surface area (Å²) in [6.07, 6.45) is -1.22. The molecule has 0 saturated heterocycles. The van der Waals surface area contributed by atoms with Crippen molar-refractivity contribution in [3.63, 3.8) is 0 Å². The van der Waals surface area contributed by atoms with Gasteiger partial charge in [0.15, 0.2) is 6.04 Å². The lowest BCUT2D eigenvalue weighted by Gasteiger charge is -2.24. The van der Waals surface area contributed by atoms with Crippen molar-refractivity contribution in [3.8, 4) is 11.5 Å². The minimum atomic E-state index is -1.56. The van der Waals surface area contributed by atoms with Crippen molar-refractivity contribution in [1.29, 1.82) is 0 Å². The van der Waals surface area contributed by atoms with E-state index in [4.69, 9.17) is 5.73 Å². The minimum absolute atomic E-state index is 0.00404. The molecule has 0 aromatic heterocycles. The van der Waals surface area contributed by atoms with Crippen LogP contribution in [-0.4, -0.2) is 62.4 Å². The van der Waals surface area contributed by atoms with Crippen molar-refractivity contribution in [2.75, 3.05) is 0 Å². The van der Waals surface area contributed by atoms with Crippen molar-refractivity contribution in [3.05, 3.63) is 59.7 Å². The Hall–Kier alpha value is -3.63. The van der Waals surface area contributed by atoms with E-state index in [1.165, 1.54) is 31.2 Å². The second-order valence-corrected chi connectivity index (χ2v) is 7.47. The van der Waals surface area contributed by atoms with E-state index >= 15 is 0 Å². The number of hydrogen-bond acceptors (Lipinski definition) is 7. The van der Waals surface area contributed by atoms with Crippen LogP contribution in [-0.2, 0) is 27.2 Å². The van der Waals surface area contributed by atoms with Crippen molar-refractivity contribution in [2.45, 2.75) is 44.0 Å². The molecule has 2 aromatic rings. The molecule has 2 rings (SSSR count). The summed E-state index contributed by atoms with van der Waals surface area (Å²) in [6.45, 7) is 1.22. The van der Waals surface area contributed by atoms with Gasteiger partial charge in [0, 0.05) is 6.42 Å². The number of nitrogens with two attached hydrogens (primary N) is 1. The normalized spacial score (nSPS) is 14.6. The van der Waals surface area contributed by atoms with Crippen LogP contribution in [0.25, 0.3) is 0 Å². The number of phenolic OH excluding ortho intramolecular Hbond substituents is 2. The van der Waals surface area contributed by atoms with Crippen LogP contribution in [0.15, 0.2) is 48.5 Å². The summed E-state index contributed by atoms with van der Waals surface area (Å²) in [7, 11) is 0. The van der Waals surface area contributed by atoms with E-state index in [0.717, 1.165) is 0 Å². The molecule has 0 spiro atoms. The molecule has 8 N–H and O–H groups in total. The van der Waals surface area contributed by atoms with Crippen molar-refractivity contribution < 1.29 is 34.8 Å². The highest BCUT2D eigenvalue weighted by atomic mass is 16.4. The number of carbonyl (C=O) groups excluding carboxylic acids is 2. The Morgan fingerprint density at radius 2 is 1.31 bits per heavy atom. The van der Waals surface area contributed by atoms with Gasteiger partial charge in [0.25, 0.3) is 0 Å². The van der Waals surface area contributed by atoms with Crippen molar-refractivity contribution in [1.82, 2.24) is 10.6 Å². The Morgan fingerprint density at radius 3 is 1.75 bits per heavy atom. The summed E-state index contributed by atoms with van der Waals surface area (Å²) in [5, 5.41) is 42.4. The first-order valence-electron chi connectivity index (χ1n) is 9.90. The SMILES string of the molecule is C[C@@H](O)[C@H](NC(=O)[C@H](Cc1ccc(O)cc1)NC(=O)[C@@H](N)Cc1ccc(O)cc1)C(=O)O. The number of aliphatic carboxylic acids is 1. The smallest absolute Gasteiger partial charge is 0.328 e. The molecule has 0 aliphatic carbocycles. The van der Waals surface area contributed by atoms with Gasteiger partial charge in [0.1, 0.15) is 17.5 Å². The summed E-state index contributed by atoms with van der Waals surface area (Å²) < 4.78 is 0. The van der Waals surface area contributed by atoms with Crippen LogP contribution < -0.4 is 16.4 Å². The second-order valence-electron chi connectivity index (χ2n) is 7.47. The lowest BCUT2D eigenvalue weighted by Crippen LogP contribution is -2.57. The zero-order valence-electron chi connectivity index (χ0n) is 17.4. The first-order valence-corrected chi connectivity index (χ1v) is 9.90. The molecule has 32 heavy (non-hydrogen) atoms. The summed E-state index contributed by atoms with van der Waals surface area (Å²) in [4.78, 5) is 36.8. The largest absolute Gasteiger partial charge is 0.508 e. The predicted molar refractivity (Wildman–Crippen MR) is 115 cm³/mol. The van der Waals surface area contributed by atoms with E-state index in [2.05, 4.69) is 10.6 Å². The van der Waals surface area contributed by atoms with Gasteiger partial charge in [-0.25, -0.2) is 4.79 Å². The lowest BCUT2D eigenvalue weighted by atomic mass is 10.0. The molecular weight excluding hydrogens is 418 g/mol. The molecule has 0 fully saturated rings. The number of phenols is 2. The lowest BCUT2D eigenvalue weighted by molar-refractivity contribution is -0.145. The maximum Gasteiger partial charge on any atom is 0.328 e. The first kappa shape index (κ1) is 24.6. The molecule has 0 aliphatic heterocycles. The average molecular weight is 445 g/mol. The molecule has 0 aliphatic rings. The highest BCUT2D eigenvalue weighted by molar-refractivity contribution is 5.92. The van der Waals surface area contributed by atoms with Crippen LogP contribution in [0, 0.1) is 0 Å². The quantitative estimate of drug-likeness (QED) is 0.259. The molecule has 2 amide bonds. The summed E-state index contributed by atoms with van der Waals surface area (Å²) in [5.41, 5.74) is 7.27. The van der Waals surface area contributed by atoms with Gasteiger partial charge >= 0.3 is 5.97 Å². The highest BCUT2D eigenvalue weighted by Gasteiger charge is 2.30. The molecular formula is C22H27N3O7. The number of nitrogens with one attached hydrogen (secondary N) is 2. The maximum absolute atomic E-state index is 12.8. The van der Waals surface area contributed by atoms with Crippen LogP contribution in [0.2, 0.25) is 0 Å². The van der Waals surface area contributed by atoms with Gasteiger partial charge in [-0.1, -0.05) is 24.3 Å². The monoisotopic (exact) mass is 445 g/mol. The van der Waals surface area contributed by atoms with Gasteiger partial charge in [-0.2, -0.15) is 0 Å². The zero-order chi connectivity index (χ0) is 23.8. The summed E-state index contributed by atoms with van der Waals surface area (Å²) in [6, 6.07) is 8.34. The van der Waals surface area contributed by atoms with Gasteiger partial charge < -0.3 is 36.8 Å². The number of hydrogen-bond donors (Lipinski definition) is 7. The Morgan fingerprint density at radius 1 is 0.844 bits per heavy atom. The molecule has 0 bridgehead atoms. The van der Waals surface area contributed by atoms with E-state index in [9.17, 15) is 34.8 Å². The number of carboxylic acid groups (broad SMARTS) is 1. The molecule has 0 radical (unpaired) electrons. The number of benzene rings is 2. The van der Waals surface area contributed by atoms with E-state index in [1.54, 1.807) is 24.3 Å². The van der Waals surface area contributed by atoms with Gasteiger partial charge in [0.2, 0.25) is 11.8 Å². The standard InChI is InChI=1S/C22H27N3O7/c1-12(26)19(22(31)32)25-21(30)18(11-14-4-8-16(28)9-5-14)24-20(29)17(23)10-13-2-6-15(27)7-3-13/h2-9,12,17-19,26-28H,10-11,23H2,1H3,(H,24,29)(H,25,30)(H,31,32)/t12-,17+,18+,19+/m1/s1. The van der Waals surface area contributed by atoms with Gasteiger partial charge in [-0.3, -0.25) is 9.59 Å². The highest BCUT2D eigenvalue weighted by Crippen LogP contribution is 2.13. The average Bonchev–Trinajstić information content (AvgIpc) is 2.73. The number of carbonyl (C=O) groups is 3. The van der Waals surface area contributed by atoms with Gasteiger partial charge in [-0.05, 0) is 48.7 Å². The topological polar surface area (TPSA) is 182 Å². The molecule has 0 saturated carbocycles. The van der Waals surface area contributed by atoms with E-state index in [-0.39, 0.29) is 24.3 Å². The summed E-state index contributed by atoms with van der Waals surface area (Å²) >= 11 is 0. The Kier molecular flexibility index (Phi) is 8.56. The van der Waals surface area contributed by atoms with Gasteiger partial charge in [-0.15, -0.1) is 0 Å². The number of aliphatic hydroxyl groups excluding tert-OH is 1. The van der Waals surface area contributed by atoms with Crippen LogP contribution in [0.4, 0.5) is 0 Å². The Labute approximate surface area is 184 Å². The van der Waals surface area contributed by atoms with Crippen LogP contribution >= 0.6 is 0 Å². The third-order valence-corrected chi connectivity index (χ3v) is 4.78. The first-order chi connectivity index (χ1) is 15.1. The Balaban J connectivity index is 2.15. The number of aliphatic hydroxyl groups is 1. The minimum Gasteiger partial charge on any atom is -0.508 e. The molecule has 4 atom stereocenters. The third-order valence-electron chi connectivity index (χ3n) is 4.78. The third kappa shape index (κ3) is 7.25. The fraction of sp³-hybridized carbons (Fsp3) is 0.318. The van der Waals surface area contributed by atoms with E-state index in [1.807, 2.05) is 0 Å². The number of carboxylic acids is 1. The number of rotatable bonds is 10. The summed E-state index contributed by atoms with van der Waals surface area (Å²) in [5.74, 6) is -2.78. The van der Waals surface area contributed by atoms with E-state index < -0.39 is 42.0 Å². The predicted octanol–water partition coefficient (Wildman–Crippen LogP) is -0.355. The number of amides is 2. The second kappa shape index (κ2) is 11.1. The molecule has 172 valence electrons. The van der Waals surface area contributed by atoms with Crippen LogP contribution in [0.3, 0.4) is 0 Å². The molecule has 10 nitrogen and oxygen atoms in total. The Bertz CT molecular complexity index is 930. The van der Waals surface area contributed by atoms with Crippen LogP contribution in [0.5, 0.6) is 11.5 Å². The van der Waals surface area contributed by atoms with Crippen molar-refractivity contribution >= 4 is 17.8 Å². The van der Waals surface area contributed by atoms with Gasteiger partial charge in [0.05, 0.1) is 12.1 Å². The maximum atomic E-state index is 12.8. The van der Waals surface area contributed by atoms with Crippen molar-refractivity contribution in [2.24, 2.45) is 5.73 Å². The molecule has 0 heterocycles. The zero-order valence-corrected chi connectivity index (χ0v) is 17.4. The fourth-order valence-electron chi connectivity index (χ4n) is 2.98. The van der Waals surface area contributed by atoms with E-state index in [0.29, 0.717) is 11.1 Å². The fourth-order valence-corrected chi connectivity index (χ4v) is 2.98. The molecule has 0 unspecified atom stereocenters. The molecule has 2 aromatic carbocycles. The van der Waals surface area contributed by atoms with Crippen LogP contribution in [0.1, 0.15) is 18.1 Å².